The molecule has 0 spiro atoms. The maximum Gasteiger partial charge on any atom is 0.287 e. The molecule has 148 valence electrons. The second kappa shape index (κ2) is 7.95. The highest BCUT2D eigenvalue weighted by Crippen LogP contribution is 2.24. The summed E-state index contributed by atoms with van der Waals surface area (Å²) in [7, 11) is -2.52. The van der Waals surface area contributed by atoms with Crippen molar-refractivity contribution in [2.45, 2.75) is 25.0 Å². The maximum atomic E-state index is 12.5. The predicted molar refractivity (Wildman–Crippen MR) is 99.7 cm³/mol. The van der Waals surface area contributed by atoms with Gasteiger partial charge in [-0.15, -0.1) is 0 Å². The molecule has 2 heterocycles. The Balaban J connectivity index is 1.81. The van der Waals surface area contributed by atoms with E-state index in [1.807, 2.05) is 44.2 Å². The number of benzene rings is 1. The van der Waals surface area contributed by atoms with Crippen molar-refractivity contribution in [3.8, 4) is 11.4 Å². The van der Waals surface area contributed by atoms with Gasteiger partial charge < -0.3 is 14.3 Å². The van der Waals surface area contributed by atoms with E-state index in [0.717, 1.165) is 5.56 Å². The topological polar surface area (TPSA) is 127 Å². The molecule has 0 radical (unpaired) electrons. The number of rotatable bonds is 7. The zero-order valence-electron chi connectivity index (χ0n) is 15.5. The molecule has 1 amide bonds. The van der Waals surface area contributed by atoms with Gasteiger partial charge in [0.2, 0.25) is 16.8 Å². The summed E-state index contributed by atoms with van der Waals surface area (Å²) in [5.41, 5.74) is 0.791. The number of aromatic nitrogens is 2. The van der Waals surface area contributed by atoms with Crippen molar-refractivity contribution in [2.75, 3.05) is 7.05 Å². The number of furan rings is 1. The lowest BCUT2D eigenvalue weighted by molar-refractivity contribution is 0.0880. The van der Waals surface area contributed by atoms with Gasteiger partial charge in [0.05, 0.1) is 0 Å². The molecule has 0 unspecified atom stereocenters. The van der Waals surface area contributed by atoms with Crippen LogP contribution in [0.1, 0.15) is 36.3 Å². The summed E-state index contributed by atoms with van der Waals surface area (Å²) < 4.78 is 36.1. The quantitative estimate of drug-likeness (QED) is 0.619. The van der Waals surface area contributed by atoms with E-state index in [-0.39, 0.29) is 22.7 Å². The molecule has 10 heteroatoms. The predicted octanol–water partition coefficient (Wildman–Crippen LogP) is 2.36. The molecule has 0 saturated carbocycles. The number of carbonyl (C=O) groups is 1. The van der Waals surface area contributed by atoms with Crippen molar-refractivity contribution in [2.24, 2.45) is 5.92 Å². The zero-order chi connectivity index (χ0) is 20.3. The van der Waals surface area contributed by atoms with Crippen LogP contribution in [0.25, 0.3) is 11.4 Å². The van der Waals surface area contributed by atoms with Gasteiger partial charge in [-0.1, -0.05) is 49.3 Å². The third-order valence-corrected chi connectivity index (χ3v) is 5.32. The first kappa shape index (κ1) is 19.8. The number of hydrogen-bond acceptors (Lipinski definition) is 7. The molecule has 0 aliphatic carbocycles. The van der Waals surface area contributed by atoms with Crippen LogP contribution in [0.3, 0.4) is 0 Å². The Bertz CT molecular complexity index is 1060. The lowest BCUT2D eigenvalue weighted by Crippen LogP contribution is -2.31. The van der Waals surface area contributed by atoms with E-state index < -0.39 is 22.0 Å². The Morgan fingerprint density at radius 3 is 2.46 bits per heavy atom. The molecule has 9 nitrogen and oxygen atoms in total. The van der Waals surface area contributed by atoms with Crippen LogP contribution in [-0.4, -0.2) is 31.5 Å². The number of hydrogen-bond donors (Lipinski definition) is 2. The lowest BCUT2D eigenvalue weighted by Gasteiger charge is -2.17. The molecule has 3 aromatic rings. The standard InChI is InChI=1S/C18H20N4O5S/c1-11(2)15(18-21-16(22-27-18)12-7-5-4-6-8-12)20-17(23)13-9-10-14(26-13)28(24,25)19-3/h4-11,15,19H,1-3H3,(H,20,23)/t15-/m0/s1. The van der Waals surface area contributed by atoms with E-state index >= 15 is 0 Å². The molecule has 0 saturated heterocycles. The first-order chi connectivity index (χ1) is 13.3. The summed E-state index contributed by atoms with van der Waals surface area (Å²) in [6.45, 7) is 3.77. The minimum atomic E-state index is -3.77. The summed E-state index contributed by atoms with van der Waals surface area (Å²) in [4.78, 5) is 16.9. The Kier molecular flexibility index (Phi) is 5.61. The fourth-order valence-electron chi connectivity index (χ4n) is 2.48. The molecular weight excluding hydrogens is 384 g/mol. The van der Waals surface area contributed by atoms with Gasteiger partial charge in [0, 0.05) is 5.56 Å². The number of sulfonamides is 1. The molecule has 28 heavy (non-hydrogen) atoms. The van der Waals surface area contributed by atoms with Crippen molar-refractivity contribution in [3.63, 3.8) is 0 Å². The monoisotopic (exact) mass is 404 g/mol. The Morgan fingerprint density at radius 1 is 1.11 bits per heavy atom. The Hall–Kier alpha value is -2.98. The van der Waals surface area contributed by atoms with Crippen LogP contribution in [0, 0.1) is 5.92 Å². The van der Waals surface area contributed by atoms with Gasteiger partial charge >= 0.3 is 0 Å². The van der Waals surface area contributed by atoms with Crippen molar-refractivity contribution in [3.05, 3.63) is 54.1 Å². The van der Waals surface area contributed by atoms with Crippen LogP contribution in [0.5, 0.6) is 0 Å². The summed E-state index contributed by atoms with van der Waals surface area (Å²) in [6, 6.07) is 11.2. The molecule has 0 aliphatic heterocycles. The minimum Gasteiger partial charge on any atom is -0.438 e. The summed E-state index contributed by atoms with van der Waals surface area (Å²) >= 11 is 0. The van der Waals surface area contributed by atoms with Gasteiger partial charge in [0.25, 0.3) is 15.9 Å². The normalized spacial score (nSPS) is 12.9. The fraction of sp³-hybridized carbons (Fsp3) is 0.278. The second-order valence-electron chi connectivity index (χ2n) is 6.34. The van der Waals surface area contributed by atoms with Crippen molar-refractivity contribution >= 4 is 15.9 Å². The molecule has 0 aliphatic rings. The zero-order valence-corrected chi connectivity index (χ0v) is 16.4. The highest BCUT2D eigenvalue weighted by atomic mass is 32.2. The molecule has 2 N–H and O–H groups in total. The van der Waals surface area contributed by atoms with Crippen molar-refractivity contribution < 1.29 is 22.2 Å². The van der Waals surface area contributed by atoms with Gasteiger partial charge in [-0.2, -0.15) is 4.98 Å². The summed E-state index contributed by atoms with van der Waals surface area (Å²) in [6.07, 6.45) is 0. The van der Waals surface area contributed by atoms with Crippen LogP contribution in [0.2, 0.25) is 0 Å². The molecular formula is C18H20N4O5S. The van der Waals surface area contributed by atoms with Gasteiger partial charge in [0.1, 0.15) is 6.04 Å². The fourth-order valence-corrected chi connectivity index (χ4v) is 3.13. The van der Waals surface area contributed by atoms with Crippen LogP contribution in [-0.2, 0) is 10.0 Å². The molecule has 0 fully saturated rings. The maximum absolute atomic E-state index is 12.5. The second-order valence-corrected chi connectivity index (χ2v) is 8.16. The smallest absolute Gasteiger partial charge is 0.287 e. The van der Waals surface area contributed by atoms with Crippen molar-refractivity contribution in [1.82, 2.24) is 20.2 Å². The van der Waals surface area contributed by atoms with Gasteiger partial charge in [-0.25, -0.2) is 13.1 Å². The number of nitrogens with one attached hydrogen (secondary N) is 2. The third-order valence-electron chi connectivity index (χ3n) is 4.03. The first-order valence-electron chi connectivity index (χ1n) is 8.55. The molecule has 1 aromatic carbocycles. The number of nitrogens with zero attached hydrogens (tertiary/aromatic N) is 2. The number of amides is 1. The van der Waals surface area contributed by atoms with E-state index in [0.29, 0.717) is 5.82 Å². The molecule has 1 atom stereocenters. The van der Waals surface area contributed by atoms with Crippen molar-refractivity contribution in [1.29, 1.82) is 0 Å². The van der Waals surface area contributed by atoms with E-state index in [9.17, 15) is 13.2 Å². The highest BCUT2D eigenvalue weighted by Gasteiger charge is 2.27. The Morgan fingerprint density at radius 2 is 1.82 bits per heavy atom. The van der Waals surface area contributed by atoms with E-state index in [2.05, 4.69) is 20.2 Å². The van der Waals surface area contributed by atoms with Crippen LogP contribution < -0.4 is 10.0 Å². The van der Waals surface area contributed by atoms with Crippen LogP contribution in [0.4, 0.5) is 0 Å². The molecule has 2 aromatic heterocycles. The van der Waals surface area contributed by atoms with Gasteiger partial charge in [-0.05, 0) is 25.1 Å². The SMILES string of the molecule is CNS(=O)(=O)c1ccc(C(=O)N[C@H](c2nc(-c3ccccc3)no2)C(C)C)o1. The van der Waals surface area contributed by atoms with E-state index in [1.54, 1.807) is 0 Å². The largest absolute Gasteiger partial charge is 0.438 e. The molecule has 3 rings (SSSR count). The first-order valence-corrected chi connectivity index (χ1v) is 10.0. The minimum absolute atomic E-state index is 0.0662. The number of carbonyl (C=O) groups excluding carboxylic acids is 1. The average Bonchev–Trinajstić information content (AvgIpc) is 3.36. The molecule has 0 bridgehead atoms. The van der Waals surface area contributed by atoms with Crippen LogP contribution >= 0.6 is 0 Å². The summed E-state index contributed by atoms with van der Waals surface area (Å²) in [5, 5.41) is 6.38. The van der Waals surface area contributed by atoms with E-state index in [1.165, 1.54) is 19.2 Å². The summed E-state index contributed by atoms with van der Waals surface area (Å²) in [5.74, 6) is -0.130. The van der Waals surface area contributed by atoms with E-state index in [4.69, 9.17) is 8.94 Å². The highest BCUT2D eigenvalue weighted by molar-refractivity contribution is 7.89. The van der Waals surface area contributed by atoms with Crippen LogP contribution in [0.15, 0.2) is 56.5 Å². The lowest BCUT2D eigenvalue weighted by atomic mass is 10.0. The van der Waals surface area contributed by atoms with Gasteiger partial charge in [0.15, 0.2) is 5.76 Å². The average molecular weight is 404 g/mol. The third kappa shape index (κ3) is 4.12. The van der Waals surface area contributed by atoms with Gasteiger partial charge in [-0.3, -0.25) is 4.79 Å². The Labute approximate surface area is 162 Å².